The first-order chi connectivity index (χ1) is 9.21. The second-order valence-electron chi connectivity index (χ2n) is 5.20. The molecule has 108 valence electrons. The first-order valence-corrected chi connectivity index (χ1v) is 5.94. The van der Waals surface area contributed by atoms with Crippen LogP contribution in [0.3, 0.4) is 0 Å². The maximum atomic E-state index is 12.1. The molecule has 1 heterocycles. The molecule has 0 radical (unpaired) electrons. The number of allylic oxidation sites excluding steroid dienone is 1. The first-order valence-electron chi connectivity index (χ1n) is 5.94. The SMILES string of the molecule is COC(=O)[C@@H]1C/C(=C\C#N)C(=O)N1C(=O)OC(C)(C)C. The number of hydrogen-bond acceptors (Lipinski definition) is 6. The van der Waals surface area contributed by atoms with Crippen molar-refractivity contribution in [2.45, 2.75) is 38.8 Å². The van der Waals surface area contributed by atoms with Crippen molar-refractivity contribution in [2.75, 3.05) is 7.11 Å². The van der Waals surface area contributed by atoms with Gasteiger partial charge >= 0.3 is 12.1 Å². The van der Waals surface area contributed by atoms with Crippen LogP contribution in [0.25, 0.3) is 0 Å². The number of nitriles is 1. The zero-order valence-corrected chi connectivity index (χ0v) is 11.8. The Labute approximate surface area is 116 Å². The summed E-state index contributed by atoms with van der Waals surface area (Å²) in [5.74, 6) is -1.44. The van der Waals surface area contributed by atoms with Crippen molar-refractivity contribution >= 4 is 18.0 Å². The van der Waals surface area contributed by atoms with Crippen LogP contribution in [0.1, 0.15) is 27.2 Å². The molecule has 1 aliphatic rings. The quantitative estimate of drug-likeness (QED) is 0.406. The zero-order chi connectivity index (χ0) is 15.5. The number of esters is 1. The van der Waals surface area contributed by atoms with Crippen LogP contribution < -0.4 is 0 Å². The maximum absolute atomic E-state index is 12.1. The lowest BCUT2D eigenvalue weighted by Crippen LogP contribution is -2.45. The van der Waals surface area contributed by atoms with Gasteiger partial charge in [-0.05, 0) is 20.8 Å². The molecule has 1 aliphatic heterocycles. The molecule has 0 bridgehead atoms. The number of amides is 2. The third-order valence-electron chi connectivity index (χ3n) is 2.52. The fourth-order valence-electron chi connectivity index (χ4n) is 1.73. The van der Waals surface area contributed by atoms with E-state index in [2.05, 4.69) is 4.74 Å². The van der Waals surface area contributed by atoms with E-state index >= 15 is 0 Å². The molecule has 7 heteroatoms. The average Bonchev–Trinajstić information content (AvgIpc) is 2.64. The highest BCUT2D eigenvalue weighted by Crippen LogP contribution is 2.27. The normalized spacial score (nSPS) is 20.8. The van der Waals surface area contributed by atoms with Gasteiger partial charge in [-0.15, -0.1) is 0 Å². The summed E-state index contributed by atoms with van der Waals surface area (Å²) >= 11 is 0. The summed E-state index contributed by atoms with van der Waals surface area (Å²) in [4.78, 5) is 36.4. The Morgan fingerprint density at radius 2 is 2.05 bits per heavy atom. The van der Waals surface area contributed by atoms with Gasteiger partial charge in [0.15, 0.2) is 0 Å². The number of carbonyl (C=O) groups is 3. The summed E-state index contributed by atoms with van der Waals surface area (Å²) in [7, 11) is 1.16. The molecule has 0 saturated carbocycles. The lowest BCUT2D eigenvalue weighted by molar-refractivity contribution is -0.148. The van der Waals surface area contributed by atoms with E-state index in [1.807, 2.05) is 0 Å². The first kappa shape index (κ1) is 15.7. The average molecular weight is 280 g/mol. The minimum Gasteiger partial charge on any atom is -0.467 e. The molecule has 1 rings (SSSR count). The third-order valence-corrected chi connectivity index (χ3v) is 2.52. The highest BCUT2D eigenvalue weighted by Gasteiger charge is 2.45. The van der Waals surface area contributed by atoms with Crippen LogP contribution in [0.4, 0.5) is 4.79 Å². The summed E-state index contributed by atoms with van der Waals surface area (Å²) in [5, 5.41) is 8.61. The van der Waals surface area contributed by atoms with Crippen molar-refractivity contribution in [3.63, 3.8) is 0 Å². The van der Waals surface area contributed by atoms with Crippen molar-refractivity contribution in [3.05, 3.63) is 11.6 Å². The molecule has 1 fully saturated rings. The van der Waals surface area contributed by atoms with Crippen LogP contribution in [0, 0.1) is 11.3 Å². The van der Waals surface area contributed by atoms with Crippen LogP contribution in [-0.2, 0) is 19.1 Å². The second kappa shape index (κ2) is 5.74. The van der Waals surface area contributed by atoms with Crippen LogP contribution in [0.2, 0.25) is 0 Å². The lowest BCUT2D eigenvalue weighted by Gasteiger charge is -2.25. The molecule has 7 nitrogen and oxygen atoms in total. The lowest BCUT2D eigenvalue weighted by atomic mass is 10.1. The number of rotatable bonds is 1. The summed E-state index contributed by atoms with van der Waals surface area (Å²) in [6.07, 6.45) is 0.0280. The monoisotopic (exact) mass is 280 g/mol. The van der Waals surface area contributed by atoms with Gasteiger partial charge in [-0.1, -0.05) is 0 Å². The Hall–Kier alpha value is -2.36. The predicted octanol–water partition coefficient (Wildman–Crippen LogP) is 1.15. The van der Waals surface area contributed by atoms with Gasteiger partial charge in [0.2, 0.25) is 0 Å². The van der Waals surface area contributed by atoms with E-state index in [9.17, 15) is 14.4 Å². The Morgan fingerprint density at radius 1 is 1.45 bits per heavy atom. The minimum absolute atomic E-state index is 0.0572. The molecule has 0 aromatic rings. The molecule has 0 spiro atoms. The molecule has 2 amide bonds. The fourth-order valence-corrected chi connectivity index (χ4v) is 1.73. The highest BCUT2D eigenvalue weighted by molar-refractivity contribution is 6.09. The Kier molecular flexibility index (Phi) is 4.50. The zero-order valence-electron chi connectivity index (χ0n) is 11.8. The number of methoxy groups -OCH3 is 1. The number of hydrogen-bond donors (Lipinski definition) is 0. The largest absolute Gasteiger partial charge is 0.467 e. The number of ether oxygens (including phenoxy) is 2. The van der Waals surface area contributed by atoms with Crippen LogP contribution in [0.15, 0.2) is 11.6 Å². The van der Waals surface area contributed by atoms with Gasteiger partial charge in [-0.2, -0.15) is 5.26 Å². The van der Waals surface area contributed by atoms with Gasteiger partial charge < -0.3 is 9.47 Å². The minimum atomic E-state index is -1.10. The van der Waals surface area contributed by atoms with E-state index in [4.69, 9.17) is 10.00 Å². The van der Waals surface area contributed by atoms with Crippen molar-refractivity contribution in [2.24, 2.45) is 0 Å². The van der Waals surface area contributed by atoms with E-state index in [0.717, 1.165) is 13.2 Å². The molecular formula is C13H16N2O5. The number of carbonyl (C=O) groups excluding carboxylic acids is 3. The third kappa shape index (κ3) is 3.35. The van der Waals surface area contributed by atoms with Crippen molar-refractivity contribution < 1.29 is 23.9 Å². The predicted molar refractivity (Wildman–Crippen MR) is 67.2 cm³/mol. The summed E-state index contributed by atoms with van der Waals surface area (Å²) in [6, 6.07) is 0.616. The van der Waals surface area contributed by atoms with E-state index in [1.54, 1.807) is 26.8 Å². The summed E-state index contributed by atoms with van der Waals surface area (Å²) < 4.78 is 9.66. The van der Waals surface area contributed by atoms with Gasteiger partial charge in [-0.3, -0.25) is 4.79 Å². The molecule has 0 aromatic heterocycles. The van der Waals surface area contributed by atoms with Gasteiger partial charge in [0.05, 0.1) is 13.2 Å². The molecule has 0 N–H and O–H groups in total. The highest BCUT2D eigenvalue weighted by atomic mass is 16.6. The van der Waals surface area contributed by atoms with Crippen LogP contribution in [0.5, 0.6) is 0 Å². The molecule has 20 heavy (non-hydrogen) atoms. The topological polar surface area (TPSA) is 96.7 Å². The summed E-state index contributed by atoms with van der Waals surface area (Å²) in [6.45, 7) is 4.93. The Balaban J connectivity index is 3.08. The van der Waals surface area contributed by atoms with Crippen LogP contribution in [-0.4, -0.2) is 41.6 Å². The maximum Gasteiger partial charge on any atom is 0.418 e. The van der Waals surface area contributed by atoms with Gasteiger partial charge in [0.1, 0.15) is 11.6 Å². The molecule has 0 aliphatic carbocycles. The van der Waals surface area contributed by atoms with Crippen LogP contribution >= 0.6 is 0 Å². The van der Waals surface area contributed by atoms with Gasteiger partial charge in [0.25, 0.3) is 5.91 Å². The Morgan fingerprint density at radius 3 is 2.50 bits per heavy atom. The standard InChI is InChI=1S/C13H16N2O5/c1-13(2,3)20-12(18)15-9(11(17)19-4)7-8(5-6-14)10(15)16/h5,9H,7H2,1-4H3/b8-5+/t9-/m0/s1. The van der Waals surface area contributed by atoms with E-state index in [0.29, 0.717) is 4.90 Å². The van der Waals surface area contributed by atoms with Crippen molar-refractivity contribution in [1.82, 2.24) is 4.90 Å². The van der Waals surface area contributed by atoms with E-state index < -0.39 is 29.6 Å². The van der Waals surface area contributed by atoms with Gasteiger partial charge in [-0.25, -0.2) is 14.5 Å². The molecule has 1 saturated heterocycles. The van der Waals surface area contributed by atoms with Crippen molar-refractivity contribution in [1.29, 1.82) is 5.26 Å². The molecule has 0 unspecified atom stereocenters. The second-order valence-corrected chi connectivity index (χ2v) is 5.20. The fraction of sp³-hybridized carbons (Fsp3) is 0.538. The molecular weight excluding hydrogens is 264 g/mol. The van der Waals surface area contributed by atoms with Crippen molar-refractivity contribution in [3.8, 4) is 6.07 Å². The summed E-state index contributed by atoms with van der Waals surface area (Å²) in [5.41, 5.74) is -0.728. The molecule has 0 aromatic carbocycles. The Bertz CT molecular complexity index is 510. The smallest absolute Gasteiger partial charge is 0.418 e. The van der Waals surface area contributed by atoms with E-state index in [1.165, 1.54) is 0 Å². The number of likely N-dealkylation sites (tertiary alicyclic amines) is 1. The number of nitrogens with zero attached hydrogens (tertiary/aromatic N) is 2. The number of imide groups is 1. The molecule has 1 atom stereocenters. The van der Waals surface area contributed by atoms with E-state index in [-0.39, 0.29) is 12.0 Å². The van der Waals surface area contributed by atoms with Gasteiger partial charge in [0, 0.05) is 18.1 Å².